The lowest BCUT2D eigenvalue weighted by atomic mass is 10.3. The van der Waals surface area contributed by atoms with Crippen LogP contribution >= 0.6 is 0 Å². The predicted molar refractivity (Wildman–Crippen MR) is 59.0 cm³/mol. The molecule has 1 aromatic carbocycles. The maximum absolute atomic E-state index is 7.46. The van der Waals surface area contributed by atoms with Gasteiger partial charge in [-0.25, -0.2) is 0 Å². The fourth-order valence-corrected chi connectivity index (χ4v) is 0.810. The highest BCUT2D eigenvalue weighted by Gasteiger charge is 1.96. The Balaban J connectivity index is 2.46. The molecule has 0 saturated carbocycles. The monoisotopic (exact) mass is 193 g/mol. The summed E-state index contributed by atoms with van der Waals surface area (Å²) in [5.41, 5.74) is 12.7. The minimum atomic E-state index is 0.293. The Morgan fingerprint density at radius 2 is 1.86 bits per heavy atom. The first-order chi connectivity index (χ1) is 6.59. The van der Waals surface area contributed by atoms with Crippen LogP contribution in [0.15, 0.2) is 24.3 Å². The number of hydrazine groups is 1. The molecule has 0 unspecified atom stereocenters. The van der Waals surface area contributed by atoms with E-state index in [2.05, 4.69) is 10.9 Å². The van der Waals surface area contributed by atoms with Crippen molar-refractivity contribution in [2.45, 2.75) is 0 Å². The highest BCUT2D eigenvalue weighted by molar-refractivity contribution is 5.77. The second kappa shape index (κ2) is 4.36. The van der Waals surface area contributed by atoms with Crippen molar-refractivity contribution in [3.05, 3.63) is 24.3 Å². The lowest BCUT2D eigenvalue weighted by molar-refractivity contribution is 0.591. The Morgan fingerprint density at radius 3 is 2.36 bits per heavy atom. The number of nitrogens with zero attached hydrogens (tertiary/aromatic N) is 1. The molecule has 0 fully saturated rings. The van der Waals surface area contributed by atoms with Crippen molar-refractivity contribution >= 4 is 17.3 Å². The second-order valence-electron chi connectivity index (χ2n) is 3.12. The van der Waals surface area contributed by atoms with E-state index in [1.165, 1.54) is 0 Å². The molecule has 0 bridgehead atoms. The van der Waals surface area contributed by atoms with Crippen LogP contribution in [-0.4, -0.2) is 25.0 Å². The molecule has 0 aromatic heterocycles. The van der Waals surface area contributed by atoms with Crippen LogP contribution in [0.25, 0.3) is 0 Å². The van der Waals surface area contributed by atoms with E-state index in [0.29, 0.717) is 5.96 Å². The number of hydrogen-bond donors (Lipinski definition) is 4. The number of anilines is 2. The summed E-state index contributed by atoms with van der Waals surface area (Å²) in [6.07, 6.45) is 0. The average Bonchev–Trinajstić information content (AvgIpc) is 2.16. The number of rotatable bonds is 2. The van der Waals surface area contributed by atoms with Gasteiger partial charge in [0.15, 0.2) is 0 Å². The number of nitrogens with two attached hydrogens (primary N) is 1. The van der Waals surface area contributed by atoms with Crippen molar-refractivity contribution in [3.63, 3.8) is 0 Å². The summed E-state index contributed by atoms with van der Waals surface area (Å²) in [5, 5.41) is 7.46. The van der Waals surface area contributed by atoms with E-state index < -0.39 is 0 Å². The number of hydrogen-bond acceptors (Lipinski definition) is 3. The fraction of sp³-hybridized carbons (Fsp3) is 0.222. The van der Waals surface area contributed by atoms with Crippen LogP contribution in [0.3, 0.4) is 0 Å². The minimum Gasteiger partial charge on any atom is -0.399 e. The molecule has 14 heavy (non-hydrogen) atoms. The molecule has 0 spiro atoms. The van der Waals surface area contributed by atoms with Gasteiger partial charge < -0.3 is 10.6 Å². The van der Waals surface area contributed by atoms with Gasteiger partial charge in [0.05, 0.1) is 5.69 Å². The van der Waals surface area contributed by atoms with Crippen LogP contribution in [0, 0.1) is 5.41 Å². The molecule has 1 rings (SSSR count). The van der Waals surface area contributed by atoms with E-state index in [-0.39, 0.29) is 0 Å². The Bertz CT molecular complexity index is 303. The van der Waals surface area contributed by atoms with Gasteiger partial charge in [0.25, 0.3) is 0 Å². The third kappa shape index (κ3) is 2.85. The molecule has 0 aliphatic heterocycles. The summed E-state index contributed by atoms with van der Waals surface area (Å²) < 4.78 is 0. The molecule has 0 saturated heterocycles. The van der Waals surface area contributed by atoms with Gasteiger partial charge in [0.1, 0.15) is 0 Å². The lowest BCUT2D eigenvalue weighted by Crippen LogP contribution is -2.38. The van der Waals surface area contributed by atoms with Gasteiger partial charge >= 0.3 is 0 Å². The Hall–Kier alpha value is -1.91. The van der Waals surface area contributed by atoms with Crippen molar-refractivity contribution in [3.8, 4) is 0 Å². The normalized spacial score (nSPS) is 9.29. The summed E-state index contributed by atoms with van der Waals surface area (Å²) in [7, 11) is 3.58. The minimum absolute atomic E-state index is 0.293. The van der Waals surface area contributed by atoms with Crippen molar-refractivity contribution in [1.82, 2.24) is 10.3 Å². The third-order valence-corrected chi connectivity index (χ3v) is 1.68. The zero-order valence-electron chi connectivity index (χ0n) is 8.33. The quantitative estimate of drug-likeness (QED) is 0.241. The molecule has 0 radical (unpaired) electrons. The lowest BCUT2D eigenvalue weighted by Gasteiger charge is -2.16. The van der Waals surface area contributed by atoms with Gasteiger partial charge in [-0.1, -0.05) is 0 Å². The molecule has 1 aromatic rings. The maximum atomic E-state index is 7.46. The van der Waals surface area contributed by atoms with Crippen molar-refractivity contribution in [2.24, 2.45) is 0 Å². The first-order valence-corrected chi connectivity index (χ1v) is 4.23. The van der Waals surface area contributed by atoms with E-state index in [4.69, 9.17) is 11.1 Å². The Morgan fingerprint density at radius 1 is 1.29 bits per heavy atom. The summed E-state index contributed by atoms with van der Waals surface area (Å²) in [6, 6.07) is 7.27. The SMILES string of the molecule is CN(C)C(=N)NNc1ccc(N)cc1. The van der Waals surface area contributed by atoms with E-state index in [9.17, 15) is 0 Å². The molecular weight excluding hydrogens is 178 g/mol. The molecule has 0 amide bonds. The second-order valence-corrected chi connectivity index (χ2v) is 3.12. The zero-order valence-corrected chi connectivity index (χ0v) is 8.33. The van der Waals surface area contributed by atoms with Crippen LogP contribution < -0.4 is 16.6 Å². The molecule has 5 N–H and O–H groups in total. The average molecular weight is 193 g/mol. The van der Waals surface area contributed by atoms with Crippen molar-refractivity contribution < 1.29 is 0 Å². The van der Waals surface area contributed by atoms with Gasteiger partial charge in [0, 0.05) is 19.8 Å². The summed E-state index contributed by atoms with van der Waals surface area (Å²) in [5.74, 6) is 0.293. The highest BCUT2D eigenvalue weighted by atomic mass is 15.4. The van der Waals surface area contributed by atoms with E-state index in [1.54, 1.807) is 31.1 Å². The fourth-order valence-electron chi connectivity index (χ4n) is 0.810. The molecule has 0 aliphatic rings. The number of guanidine groups is 1. The molecule has 5 heteroatoms. The van der Waals surface area contributed by atoms with Crippen LogP contribution in [0.5, 0.6) is 0 Å². The zero-order chi connectivity index (χ0) is 10.6. The Kier molecular flexibility index (Phi) is 3.17. The first kappa shape index (κ1) is 10.2. The van der Waals surface area contributed by atoms with Crippen LogP contribution in [-0.2, 0) is 0 Å². The molecule has 5 nitrogen and oxygen atoms in total. The molecule has 0 aliphatic carbocycles. The standard InChI is InChI=1S/C9H15N5/c1-14(2)9(11)13-12-8-5-3-7(10)4-6-8/h3-6,12H,10H2,1-2H3,(H2,11,13). The Labute approximate surface area is 83.4 Å². The van der Waals surface area contributed by atoms with Gasteiger partial charge in [-0.15, -0.1) is 0 Å². The largest absolute Gasteiger partial charge is 0.399 e. The van der Waals surface area contributed by atoms with E-state index >= 15 is 0 Å². The van der Waals surface area contributed by atoms with Gasteiger partial charge in [0.2, 0.25) is 5.96 Å². The maximum Gasteiger partial charge on any atom is 0.209 e. The van der Waals surface area contributed by atoms with E-state index in [0.717, 1.165) is 11.4 Å². The van der Waals surface area contributed by atoms with E-state index in [1.807, 2.05) is 12.1 Å². The highest BCUT2D eigenvalue weighted by Crippen LogP contribution is 2.08. The molecule has 0 heterocycles. The number of nitrogens with one attached hydrogen (secondary N) is 3. The third-order valence-electron chi connectivity index (χ3n) is 1.68. The first-order valence-electron chi connectivity index (χ1n) is 4.23. The van der Waals surface area contributed by atoms with Gasteiger partial charge in [-0.3, -0.25) is 16.3 Å². The summed E-state index contributed by atoms with van der Waals surface area (Å²) in [4.78, 5) is 1.66. The summed E-state index contributed by atoms with van der Waals surface area (Å²) >= 11 is 0. The molecule has 76 valence electrons. The van der Waals surface area contributed by atoms with Crippen LogP contribution in [0.4, 0.5) is 11.4 Å². The van der Waals surface area contributed by atoms with Crippen molar-refractivity contribution in [1.29, 1.82) is 5.41 Å². The van der Waals surface area contributed by atoms with Gasteiger partial charge in [-0.05, 0) is 24.3 Å². The smallest absolute Gasteiger partial charge is 0.209 e. The number of benzene rings is 1. The molecular formula is C9H15N5. The predicted octanol–water partition coefficient (Wildman–Crippen LogP) is 0.682. The van der Waals surface area contributed by atoms with Gasteiger partial charge in [-0.2, -0.15) is 0 Å². The van der Waals surface area contributed by atoms with Crippen LogP contribution in [0.2, 0.25) is 0 Å². The topological polar surface area (TPSA) is 77.2 Å². The van der Waals surface area contributed by atoms with Crippen molar-refractivity contribution in [2.75, 3.05) is 25.3 Å². The summed E-state index contributed by atoms with van der Waals surface area (Å²) in [6.45, 7) is 0. The van der Waals surface area contributed by atoms with Crippen LogP contribution in [0.1, 0.15) is 0 Å². The molecule has 0 atom stereocenters. The number of nitrogen functional groups attached to an aromatic ring is 1.